The van der Waals surface area contributed by atoms with Gasteiger partial charge in [-0.05, 0) is 13.8 Å². The van der Waals surface area contributed by atoms with Gasteiger partial charge in [0, 0.05) is 0 Å². The molecule has 0 radical (unpaired) electrons. The average Bonchev–Trinajstić information content (AvgIpc) is 2.51. The Hall–Kier alpha value is -0.308. The Bertz CT molecular complexity index is 298. The molecule has 2 rings (SSSR count). The first-order chi connectivity index (χ1) is 10.5. The summed E-state index contributed by atoms with van der Waals surface area (Å²) >= 11 is -0.181. The van der Waals surface area contributed by atoms with Crippen LogP contribution < -0.4 is 0 Å². The molecule has 4 nitrogen and oxygen atoms in total. The molecule has 2 heterocycles. The monoisotopic (exact) mass is 386 g/mol. The molecule has 0 N–H and O–H groups in total. The van der Waals surface area contributed by atoms with Crippen LogP contribution in [-0.4, -0.2) is 31.2 Å². The molecule has 0 saturated carbocycles. The van der Waals surface area contributed by atoms with E-state index < -0.39 is 0 Å². The number of hydrogen-bond acceptors (Lipinski definition) is 2. The molecule has 1 fully saturated rings. The molecule has 0 aliphatic carbocycles. The van der Waals surface area contributed by atoms with Crippen LogP contribution in [0.3, 0.4) is 0 Å². The molecule has 2 aliphatic rings. The van der Waals surface area contributed by atoms with Crippen molar-refractivity contribution in [3.8, 4) is 0 Å². The summed E-state index contributed by atoms with van der Waals surface area (Å²) in [6, 6.07) is 0. The molecule has 0 amide bonds. The van der Waals surface area contributed by atoms with Gasteiger partial charge in [-0.25, -0.2) is 0 Å². The quantitative estimate of drug-likeness (QED) is 0.632. The Labute approximate surface area is 148 Å². The van der Waals surface area contributed by atoms with E-state index in [4.69, 9.17) is 20.1 Å². The van der Waals surface area contributed by atoms with E-state index in [1.807, 2.05) is 18.2 Å². The minimum absolute atomic E-state index is 0.0625. The number of ketones is 2. The summed E-state index contributed by atoms with van der Waals surface area (Å²) in [5.74, 6) is -0.125. The van der Waals surface area contributed by atoms with Gasteiger partial charge in [0.1, 0.15) is 11.6 Å². The van der Waals surface area contributed by atoms with Gasteiger partial charge in [-0.2, -0.15) is 6.20 Å². The Morgan fingerprint density at radius 2 is 1.59 bits per heavy atom. The van der Waals surface area contributed by atoms with E-state index in [1.165, 1.54) is 33.1 Å². The van der Waals surface area contributed by atoms with Gasteiger partial charge in [-0.1, -0.05) is 31.4 Å². The first-order valence-electron chi connectivity index (χ1n) is 7.04. The third kappa shape index (κ3) is 27.9. The summed E-state index contributed by atoms with van der Waals surface area (Å²) in [6.45, 7) is 5.92. The fourth-order valence-corrected chi connectivity index (χ4v) is 1.46. The van der Waals surface area contributed by atoms with Gasteiger partial charge < -0.3 is 10.6 Å². The van der Waals surface area contributed by atoms with E-state index in [1.54, 1.807) is 6.20 Å². The molecule has 2 aliphatic heterocycles. The van der Waals surface area contributed by atoms with Gasteiger partial charge in [0.15, 0.2) is 0 Å². The summed E-state index contributed by atoms with van der Waals surface area (Å²) in [7, 11) is 9.65. The van der Waals surface area contributed by atoms with Crippen molar-refractivity contribution >= 4 is 31.7 Å². The molecule has 0 unspecified atom stereocenters. The second-order valence-electron chi connectivity index (χ2n) is 4.51. The predicted octanol–water partition coefficient (Wildman–Crippen LogP) is 4.92. The first kappa shape index (κ1) is 24.0. The first-order valence-corrected chi connectivity index (χ1v) is 10.5. The van der Waals surface area contributed by atoms with Crippen molar-refractivity contribution in [1.29, 1.82) is 0 Å². The average molecular weight is 387 g/mol. The van der Waals surface area contributed by atoms with Crippen LogP contribution in [-0.2, 0) is 23.0 Å². The fraction of sp³-hybridized carbons (Fsp3) is 0.600. The number of piperidine rings is 1. The van der Waals surface area contributed by atoms with E-state index in [0.29, 0.717) is 0 Å². The van der Waals surface area contributed by atoms with E-state index in [9.17, 15) is 9.59 Å². The summed E-state index contributed by atoms with van der Waals surface area (Å²) in [5.41, 5.74) is 0. The van der Waals surface area contributed by atoms with E-state index in [0.717, 1.165) is 19.6 Å². The molecule has 1 saturated heterocycles. The van der Waals surface area contributed by atoms with Crippen LogP contribution in [0.2, 0.25) is 0 Å². The third-order valence-electron chi connectivity index (χ3n) is 2.28. The van der Waals surface area contributed by atoms with Crippen LogP contribution in [0.15, 0.2) is 24.4 Å². The molecule has 0 spiro atoms. The summed E-state index contributed by atoms with van der Waals surface area (Å²) in [6.07, 6.45) is 11.9. The molecule has 0 aromatic heterocycles. The maximum atomic E-state index is 10.0. The van der Waals surface area contributed by atoms with Crippen molar-refractivity contribution < 1.29 is 23.0 Å². The van der Waals surface area contributed by atoms with Crippen molar-refractivity contribution in [2.45, 2.75) is 39.5 Å². The van der Waals surface area contributed by atoms with Crippen LogP contribution in [0.5, 0.6) is 0 Å². The molecule has 0 atom stereocenters. The van der Waals surface area contributed by atoms with Crippen molar-refractivity contribution in [2.75, 3.05) is 19.6 Å². The fourth-order valence-electron chi connectivity index (χ4n) is 1.46. The predicted molar refractivity (Wildman–Crippen MR) is 91.1 cm³/mol. The molecule has 22 heavy (non-hydrogen) atoms. The minimum atomic E-state index is -0.181. The van der Waals surface area contributed by atoms with E-state index in [-0.39, 0.29) is 31.4 Å². The third-order valence-corrected chi connectivity index (χ3v) is 2.28. The molecule has 7 heteroatoms. The number of halogens is 2. The Balaban J connectivity index is 0. The Kier molecular flexibility index (Phi) is 22.5. The molecule has 0 aromatic rings. The molecule has 0 bridgehead atoms. The van der Waals surface area contributed by atoms with Crippen molar-refractivity contribution in [2.24, 2.45) is 0 Å². The van der Waals surface area contributed by atoms with Crippen LogP contribution in [0.25, 0.3) is 10.6 Å². The van der Waals surface area contributed by atoms with Crippen LogP contribution >= 0.6 is 20.1 Å². The van der Waals surface area contributed by atoms with Crippen LogP contribution in [0.1, 0.15) is 39.5 Å². The topological polar surface area (TPSA) is 62.3 Å². The number of nitrogens with zero attached hydrogens (tertiary/aromatic N) is 2. The van der Waals surface area contributed by atoms with Crippen molar-refractivity contribution in [3.05, 3.63) is 35.1 Å². The number of hydrogen-bond donors (Lipinski definition) is 0. The zero-order valence-corrected chi connectivity index (χ0v) is 15.9. The number of Topliss-reactive ketones (excluding diaryl/α,β-unsaturated/α-hetero) is 2. The molecule has 0 aromatic carbocycles. The molecular weight excluding hydrogens is 363 g/mol. The standard InChI is InChI=1S/C5H10N.C5H6N.C5H8O2.2ClH.Cr/c2*1-2-4-6-5-3-1;1-4(6)3-5(2)7;;;/h1-5H2;1-4H,5H2;3H2,1-2H3;2*1H;/q2*-1;;;;+2/p-2. The Morgan fingerprint density at radius 3 is 1.68 bits per heavy atom. The van der Waals surface area contributed by atoms with Gasteiger partial charge in [0.05, 0.1) is 6.42 Å². The summed E-state index contributed by atoms with van der Waals surface area (Å²) in [4.78, 5) is 20.1. The van der Waals surface area contributed by atoms with Crippen LogP contribution in [0, 0.1) is 0 Å². The van der Waals surface area contributed by atoms with Gasteiger partial charge in [-0.15, -0.1) is 25.7 Å². The van der Waals surface area contributed by atoms with Gasteiger partial charge in [0.25, 0.3) is 0 Å². The zero-order valence-electron chi connectivity index (χ0n) is 13.1. The van der Waals surface area contributed by atoms with Crippen molar-refractivity contribution in [3.63, 3.8) is 0 Å². The van der Waals surface area contributed by atoms with Crippen LogP contribution in [0.4, 0.5) is 0 Å². The van der Waals surface area contributed by atoms with E-state index >= 15 is 0 Å². The van der Waals surface area contributed by atoms with Gasteiger partial charge >= 0.3 is 33.5 Å². The maximum absolute atomic E-state index is 10.0. The molecular formula is C15H24Cl2CrN2O2-2. The zero-order chi connectivity index (χ0) is 17.1. The van der Waals surface area contributed by atoms with E-state index in [2.05, 4.69) is 10.6 Å². The second-order valence-corrected chi connectivity index (χ2v) is 6.61. The Morgan fingerprint density at radius 1 is 1.05 bits per heavy atom. The second kappa shape index (κ2) is 20.7. The number of carbonyl (C=O) groups excluding carboxylic acids is 2. The SMILES string of the molecule is C1=CC[N-]C=C1.C1CC[N-]CC1.CC(=O)CC(C)=O.[Cl][Cr][Cl]. The normalized spacial score (nSPS) is 14.7. The number of rotatable bonds is 2. The van der Waals surface area contributed by atoms with Crippen molar-refractivity contribution in [1.82, 2.24) is 0 Å². The summed E-state index contributed by atoms with van der Waals surface area (Å²) < 4.78 is 0. The molecule has 128 valence electrons. The summed E-state index contributed by atoms with van der Waals surface area (Å²) in [5, 5.41) is 8.09. The number of carbonyl (C=O) groups is 2. The van der Waals surface area contributed by atoms with Gasteiger partial charge in [-0.3, -0.25) is 9.59 Å². The number of allylic oxidation sites excluding steroid dienone is 2. The van der Waals surface area contributed by atoms with Gasteiger partial charge in [0.2, 0.25) is 0 Å².